The van der Waals surface area contributed by atoms with Crippen molar-refractivity contribution < 1.29 is 17.9 Å². The number of aryl methyl sites for hydroxylation is 1. The van der Waals surface area contributed by atoms with E-state index in [1.54, 1.807) is 0 Å². The van der Waals surface area contributed by atoms with Crippen LogP contribution in [0, 0.1) is 0 Å². The van der Waals surface area contributed by atoms with Gasteiger partial charge in [-0.1, -0.05) is 12.1 Å². The summed E-state index contributed by atoms with van der Waals surface area (Å²) in [5.41, 5.74) is 8.63. The summed E-state index contributed by atoms with van der Waals surface area (Å²) in [6, 6.07) is 7.45. The number of benzene rings is 1. The molecular formula is C19H25N3O4S2. The Bertz CT molecular complexity index is 956. The van der Waals surface area contributed by atoms with Crippen LogP contribution in [-0.2, 0) is 27.7 Å². The number of hydrogen-bond donors (Lipinski definition) is 1. The minimum Gasteiger partial charge on any atom is -0.383 e. The van der Waals surface area contributed by atoms with Crippen LogP contribution in [0.2, 0.25) is 0 Å². The van der Waals surface area contributed by atoms with E-state index in [1.807, 2.05) is 6.07 Å². The Hall–Kier alpha value is -1.94. The van der Waals surface area contributed by atoms with Crippen LogP contribution in [-0.4, -0.2) is 52.5 Å². The molecule has 0 atom stereocenters. The number of ether oxygens (including phenoxy) is 1. The highest BCUT2D eigenvalue weighted by atomic mass is 32.2. The van der Waals surface area contributed by atoms with Gasteiger partial charge in [-0.2, -0.15) is 4.31 Å². The summed E-state index contributed by atoms with van der Waals surface area (Å²) in [4.78, 5) is 13.9. The quantitative estimate of drug-likeness (QED) is 0.702. The molecule has 1 aliphatic rings. The monoisotopic (exact) mass is 423 g/mol. The molecule has 152 valence electrons. The first-order chi connectivity index (χ1) is 13.3. The molecule has 2 heterocycles. The topological polar surface area (TPSA) is 92.9 Å². The van der Waals surface area contributed by atoms with E-state index in [0.29, 0.717) is 0 Å². The van der Waals surface area contributed by atoms with Crippen LogP contribution >= 0.6 is 11.3 Å². The number of nitrogens with two attached hydrogens (primary N) is 1. The molecule has 1 aliphatic heterocycles. The number of thiophene rings is 1. The third-order valence-corrected chi connectivity index (χ3v) is 7.77. The van der Waals surface area contributed by atoms with Crippen molar-refractivity contribution in [2.45, 2.75) is 24.3 Å². The second kappa shape index (κ2) is 8.60. The highest BCUT2D eigenvalue weighted by molar-refractivity contribution is 7.89. The van der Waals surface area contributed by atoms with Crippen LogP contribution in [0.3, 0.4) is 0 Å². The summed E-state index contributed by atoms with van der Waals surface area (Å²) in [5, 5.41) is 1.46. The minimum atomic E-state index is -3.77. The standard InChI is InChI=1S/C19H25N3O4S2/c1-21-7-3-4-15-10-14(5-6-17(15)21)12-22(8-9-26-2)28(24,25)16-11-18(19(20)23)27-13-16/h5-6,10-11,13H,3-4,7-9,12H2,1-2H3,(H2,20,23). The Balaban J connectivity index is 1.88. The van der Waals surface area contributed by atoms with E-state index >= 15 is 0 Å². The molecule has 1 amide bonds. The first-order valence-corrected chi connectivity index (χ1v) is 11.3. The second-order valence-corrected chi connectivity index (χ2v) is 9.68. The fraction of sp³-hybridized carbons (Fsp3) is 0.421. The molecule has 3 rings (SSSR count). The molecule has 0 bridgehead atoms. The van der Waals surface area contributed by atoms with Gasteiger partial charge < -0.3 is 15.4 Å². The molecule has 28 heavy (non-hydrogen) atoms. The first kappa shape index (κ1) is 20.8. The van der Waals surface area contributed by atoms with E-state index in [1.165, 1.54) is 34.1 Å². The van der Waals surface area contributed by atoms with Gasteiger partial charge in [0.2, 0.25) is 10.0 Å². The molecule has 2 aromatic rings. The zero-order chi connectivity index (χ0) is 20.3. The summed E-state index contributed by atoms with van der Waals surface area (Å²) in [6.45, 7) is 1.77. The lowest BCUT2D eigenvalue weighted by Crippen LogP contribution is -2.33. The molecule has 9 heteroatoms. The number of primary amides is 1. The molecular weight excluding hydrogens is 398 g/mol. The van der Waals surface area contributed by atoms with Crippen molar-refractivity contribution in [3.63, 3.8) is 0 Å². The molecule has 1 aromatic heterocycles. The maximum absolute atomic E-state index is 13.1. The summed E-state index contributed by atoms with van der Waals surface area (Å²) in [7, 11) is -0.164. The van der Waals surface area contributed by atoms with Crippen LogP contribution in [0.15, 0.2) is 34.5 Å². The number of sulfonamides is 1. The third kappa shape index (κ3) is 4.38. The van der Waals surface area contributed by atoms with Gasteiger partial charge in [0.15, 0.2) is 0 Å². The van der Waals surface area contributed by atoms with Gasteiger partial charge in [-0.25, -0.2) is 8.42 Å². The number of carbonyl (C=O) groups is 1. The summed E-state index contributed by atoms with van der Waals surface area (Å²) >= 11 is 1.03. The van der Waals surface area contributed by atoms with Gasteiger partial charge >= 0.3 is 0 Å². The molecule has 7 nitrogen and oxygen atoms in total. The summed E-state index contributed by atoms with van der Waals surface area (Å²) < 4.78 is 32.8. The van der Waals surface area contributed by atoms with Crippen molar-refractivity contribution in [3.05, 3.63) is 45.6 Å². The fourth-order valence-electron chi connectivity index (χ4n) is 3.35. The predicted octanol–water partition coefficient (Wildman–Crippen LogP) is 2.07. The van der Waals surface area contributed by atoms with Gasteiger partial charge in [0, 0.05) is 44.9 Å². The van der Waals surface area contributed by atoms with Gasteiger partial charge in [0.05, 0.1) is 16.4 Å². The Morgan fingerprint density at radius 1 is 1.36 bits per heavy atom. The van der Waals surface area contributed by atoms with Crippen LogP contribution in [0.1, 0.15) is 27.2 Å². The van der Waals surface area contributed by atoms with E-state index in [4.69, 9.17) is 10.5 Å². The normalized spacial score (nSPS) is 14.3. The maximum Gasteiger partial charge on any atom is 0.258 e. The Morgan fingerprint density at radius 2 is 2.14 bits per heavy atom. The molecule has 0 spiro atoms. The van der Waals surface area contributed by atoms with Crippen molar-refractivity contribution >= 4 is 33.0 Å². The molecule has 1 aromatic carbocycles. The van der Waals surface area contributed by atoms with Crippen molar-refractivity contribution in [1.82, 2.24) is 4.31 Å². The zero-order valence-electron chi connectivity index (χ0n) is 16.1. The number of amides is 1. The molecule has 0 aliphatic carbocycles. The third-order valence-electron chi connectivity index (χ3n) is 4.85. The van der Waals surface area contributed by atoms with Crippen molar-refractivity contribution in [3.8, 4) is 0 Å². The number of nitrogens with zero attached hydrogens (tertiary/aromatic N) is 2. The largest absolute Gasteiger partial charge is 0.383 e. The van der Waals surface area contributed by atoms with Crippen molar-refractivity contribution in [2.75, 3.05) is 38.8 Å². The average molecular weight is 424 g/mol. The number of methoxy groups -OCH3 is 1. The molecule has 0 saturated heterocycles. The van der Waals surface area contributed by atoms with Crippen LogP contribution in [0.5, 0.6) is 0 Å². The molecule has 2 N–H and O–H groups in total. The van der Waals surface area contributed by atoms with E-state index in [9.17, 15) is 13.2 Å². The van der Waals surface area contributed by atoms with Gasteiger partial charge in [0.1, 0.15) is 0 Å². The number of carbonyl (C=O) groups excluding carboxylic acids is 1. The van der Waals surface area contributed by atoms with Gasteiger partial charge in [-0.15, -0.1) is 11.3 Å². The van der Waals surface area contributed by atoms with Gasteiger partial charge in [-0.05, 0) is 36.1 Å². The number of rotatable bonds is 8. The van der Waals surface area contributed by atoms with Crippen LogP contribution in [0.25, 0.3) is 0 Å². The smallest absolute Gasteiger partial charge is 0.258 e. The van der Waals surface area contributed by atoms with Crippen LogP contribution in [0.4, 0.5) is 5.69 Å². The minimum absolute atomic E-state index is 0.0834. The summed E-state index contributed by atoms with van der Waals surface area (Å²) in [6.07, 6.45) is 2.08. The molecule has 0 radical (unpaired) electrons. The highest BCUT2D eigenvalue weighted by Gasteiger charge is 2.27. The molecule has 0 fully saturated rings. The lowest BCUT2D eigenvalue weighted by Gasteiger charge is -2.28. The lowest BCUT2D eigenvalue weighted by molar-refractivity contribution is 0.100. The maximum atomic E-state index is 13.1. The summed E-state index contributed by atoms with van der Waals surface area (Å²) in [5.74, 6) is -0.631. The van der Waals surface area contributed by atoms with Gasteiger partial charge in [0.25, 0.3) is 5.91 Å². The number of hydrogen-bond acceptors (Lipinski definition) is 6. The Kier molecular flexibility index (Phi) is 6.39. The molecule has 0 saturated carbocycles. The second-order valence-electron chi connectivity index (χ2n) is 6.83. The lowest BCUT2D eigenvalue weighted by atomic mass is 9.99. The fourth-order valence-corrected chi connectivity index (χ4v) is 5.88. The van der Waals surface area contributed by atoms with Crippen molar-refractivity contribution in [2.24, 2.45) is 5.73 Å². The highest BCUT2D eigenvalue weighted by Crippen LogP contribution is 2.29. The predicted molar refractivity (Wildman–Crippen MR) is 110 cm³/mol. The average Bonchev–Trinajstić information content (AvgIpc) is 3.16. The van der Waals surface area contributed by atoms with E-state index in [0.717, 1.165) is 36.3 Å². The van der Waals surface area contributed by atoms with Gasteiger partial charge in [-0.3, -0.25) is 4.79 Å². The zero-order valence-corrected chi connectivity index (χ0v) is 17.7. The number of fused-ring (bicyclic) bond motifs is 1. The van der Waals surface area contributed by atoms with E-state index in [-0.39, 0.29) is 29.5 Å². The SMILES string of the molecule is COCCN(Cc1ccc2c(c1)CCCN2C)S(=O)(=O)c1csc(C(N)=O)c1. The first-order valence-electron chi connectivity index (χ1n) is 9.03. The van der Waals surface area contributed by atoms with E-state index < -0.39 is 15.9 Å². The molecule has 0 unspecified atom stereocenters. The van der Waals surface area contributed by atoms with Crippen molar-refractivity contribution in [1.29, 1.82) is 0 Å². The number of anilines is 1. The Labute approximate surface area is 169 Å². The van der Waals surface area contributed by atoms with Crippen LogP contribution < -0.4 is 10.6 Å². The van der Waals surface area contributed by atoms with E-state index in [2.05, 4.69) is 24.1 Å². The Morgan fingerprint density at radius 3 is 2.82 bits per heavy atom.